The highest BCUT2D eigenvalue weighted by molar-refractivity contribution is 7.89. The molecule has 7 heteroatoms. The third kappa shape index (κ3) is 6.90. The van der Waals surface area contributed by atoms with Crippen molar-refractivity contribution in [3.8, 4) is 5.75 Å². The van der Waals surface area contributed by atoms with Gasteiger partial charge >= 0.3 is 0 Å². The Morgan fingerprint density at radius 1 is 1.10 bits per heavy atom. The summed E-state index contributed by atoms with van der Waals surface area (Å²) in [4.78, 5) is 0.232. The number of methoxy groups -OCH3 is 1. The van der Waals surface area contributed by atoms with Crippen LogP contribution in [0.5, 0.6) is 5.75 Å². The molecule has 21 heavy (non-hydrogen) atoms. The van der Waals surface area contributed by atoms with Crippen molar-refractivity contribution in [3.63, 3.8) is 0 Å². The van der Waals surface area contributed by atoms with Crippen LogP contribution in [-0.4, -0.2) is 47.9 Å². The van der Waals surface area contributed by atoms with Crippen molar-refractivity contribution in [3.05, 3.63) is 24.3 Å². The van der Waals surface area contributed by atoms with Crippen molar-refractivity contribution in [1.29, 1.82) is 0 Å². The second-order valence-corrected chi connectivity index (χ2v) is 6.55. The number of hydrogen-bond donors (Lipinski definition) is 2. The Morgan fingerprint density at radius 2 is 1.76 bits per heavy atom. The monoisotopic (exact) mass is 316 g/mol. The van der Waals surface area contributed by atoms with E-state index in [4.69, 9.17) is 9.47 Å². The molecule has 0 bridgehead atoms. The van der Waals surface area contributed by atoms with Gasteiger partial charge in [-0.25, -0.2) is 13.1 Å². The molecule has 0 aliphatic rings. The minimum absolute atomic E-state index is 0.0590. The molecule has 120 valence electrons. The number of rotatable bonds is 10. The molecular formula is C14H24N2O4S. The van der Waals surface area contributed by atoms with Gasteiger partial charge in [0.15, 0.2) is 0 Å². The highest BCUT2D eigenvalue weighted by atomic mass is 32.2. The van der Waals surface area contributed by atoms with Gasteiger partial charge in [-0.05, 0) is 38.1 Å². The first-order chi connectivity index (χ1) is 9.95. The molecule has 0 unspecified atom stereocenters. The lowest BCUT2D eigenvalue weighted by atomic mass is 10.3. The quantitative estimate of drug-likeness (QED) is 0.630. The molecule has 0 fully saturated rings. The number of ether oxygens (including phenoxy) is 2. The fourth-order valence-electron chi connectivity index (χ4n) is 1.63. The molecule has 0 aliphatic carbocycles. The topological polar surface area (TPSA) is 76.7 Å². The zero-order valence-corrected chi connectivity index (χ0v) is 13.6. The van der Waals surface area contributed by atoms with E-state index in [1.807, 2.05) is 13.8 Å². The van der Waals surface area contributed by atoms with Crippen molar-refractivity contribution in [2.45, 2.75) is 24.8 Å². The summed E-state index contributed by atoms with van der Waals surface area (Å²) in [5, 5.41) is 3.07. The van der Waals surface area contributed by atoms with Crippen molar-refractivity contribution in [1.82, 2.24) is 10.0 Å². The van der Waals surface area contributed by atoms with Crippen LogP contribution in [0.4, 0.5) is 0 Å². The van der Waals surface area contributed by atoms with E-state index in [1.165, 1.54) is 0 Å². The lowest BCUT2D eigenvalue weighted by molar-refractivity contribution is 0.199. The summed E-state index contributed by atoms with van der Waals surface area (Å²) in [6, 6.07) is 6.40. The molecule has 1 aromatic carbocycles. The highest BCUT2D eigenvalue weighted by Crippen LogP contribution is 2.16. The maximum Gasteiger partial charge on any atom is 0.240 e. The smallest absolute Gasteiger partial charge is 0.240 e. The van der Waals surface area contributed by atoms with Crippen LogP contribution in [0.1, 0.15) is 13.8 Å². The largest absolute Gasteiger partial charge is 0.491 e. The summed E-state index contributed by atoms with van der Waals surface area (Å²) in [6.45, 7) is 6.02. The molecule has 0 heterocycles. The highest BCUT2D eigenvalue weighted by Gasteiger charge is 2.13. The molecular weight excluding hydrogens is 292 g/mol. The van der Waals surface area contributed by atoms with Gasteiger partial charge in [-0.3, -0.25) is 0 Å². The van der Waals surface area contributed by atoms with Gasteiger partial charge in [0.1, 0.15) is 5.75 Å². The van der Waals surface area contributed by atoms with E-state index >= 15 is 0 Å². The second kappa shape index (κ2) is 8.99. The molecule has 2 N–H and O–H groups in total. The summed E-state index contributed by atoms with van der Waals surface area (Å²) >= 11 is 0. The summed E-state index contributed by atoms with van der Waals surface area (Å²) < 4.78 is 37.0. The fourth-order valence-corrected chi connectivity index (χ4v) is 2.66. The van der Waals surface area contributed by atoms with Gasteiger partial charge in [0.05, 0.1) is 17.6 Å². The lowest BCUT2D eigenvalue weighted by Crippen LogP contribution is -2.33. The van der Waals surface area contributed by atoms with Crippen LogP contribution in [0.2, 0.25) is 0 Å². The van der Waals surface area contributed by atoms with Gasteiger partial charge in [-0.2, -0.15) is 0 Å². The fraction of sp³-hybridized carbons (Fsp3) is 0.571. The van der Waals surface area contributed by atoms with E-state index in [0.29, 0.717) is 32.0 Å². The van der Waals surface area contributed by atoms with Crippen molar-refractivity contribution in [2.75, 3.05) is 33.4 Å². The maximum atomic E-state index is 12.1. The molecule has 0 saturated heterocycles. The van der Waals surface area contributed by atoms with Gasteiger partial charge in [-0.1, -0.05) is 0 Å². The van der Waals surface area contributed by atoms with Crippen LogP contribution >= 0.6 is 0 Å². The Labute approximate surface area is 126 Å². The molecule has 0 spiro atoms. The van der Waals surface area contributed by atoms with E-state index in [9.17, 15) is 8.42 Å². The van der Waals surface area contributed by atoms with E-state index in [0.717, 1.165) is 0 Å². The summed E-state index contributed by atoms with van der Waals surface area (Å²) in [5.41, 5.74) is 0. The average molecular weight is 316 g/mol. The van der Waals surface area contributed by atoms with Crippen LogP contribution in [-0.2, 0) is 14.8 Å². The van der Waals surface area contributed by atoms with Crippen LogP contribution in [0.25, 0.3) is 0 Å². The lowest BCUT2D eigenvalue weighted by Gasteiger charge is -2.11. The minimum atomic E-state index is -3.48. The van der Waals surface area contributed by atoms with E-state index in [-0.39, 0.29) is 11.0 Å². The normalized spacial score (nSPS) is 11.8. The van der Waals surface area contributed by atoms with Crippen LogP contribution < -0.4 is 14.8 Å². The summed E-state index contributed by atoms with van der Waals surface area (Å²) in [7, 11) is -1.85. The van der Waals surface area contributed by atoms with Crippen molar-refractivity contribution < 1.29 is 17.9 Å². The Morgan fingerprint density at radius 3 is 2.33 bits per heavy atom. The molecule has 0 radical (unpaired) electrons. The first-order valence-electron chi connectivity index (χ1n) is 6.92. The molecule has 0 saturated carbocycles. The molecule has 0 amide bonds. The van der Waals surface area contributed by atoms with Crippen molar-refractivity contribution >= 4 is 10.0 Å². The molecule has 0 atom stereocenters. The van der Waals surface area contributed by atoms with Crippen LogP contribution in [0.3, 0.4) is 0 Å². The van der Waals surface area contributed by atoms with E-state index < -0.39 is 10.0 Å². The van der Waals surface area contributed by atoms with Crippen LogP contribution in [0, 0.1) is 0 Å². The number of hydrogen-bond acceptors (Lipinski definition) is 5. The first-order valence-corrected chi connectivity index (χ1v) is 8.40. The van der Waals surface area contributed by atoms with Gasteiger partial charge < -0.3 is 14.8 Å². The standard InChI is InChI=1S/C14H24N2O4S/c1-12(2)20-13-4-6-14(7-5-13)21(17,18)16-9-8-15-10-11-19-3/h4-7,12,15-16H,8-11H2,1-3H3. The van der Waals surface area contributed by atoms with E-state index in [2.05, 4.69) is 10.0 Å². The Hall–Kier alpha value is -1.15. The first kappa shape index (κ1) is 17.9. The molecule has 0 aromatic heterocycles. The zero-order valence-electron chi connectivity index (χ0n) is 12.8. The zero-order chi connectivity index (χ0) is 15.7. The Balaban J connectivity index is 2.46. The SMILES string of the molecule is COCCNCCNS(=O)(=O)c1ccc(OC(C)C)cc1. The number of benzene rings is 1. The van der Waals surface area contributed by atoms with Crippen LogP contribution in [0.15, 0.2) is 29.2 Å². The van der Waals surface area contributed by atoms with Gasteiger partial charge in [-0.15, -0.1) is 0 Å². The predicted octanol–water partition coefficient (Wildman–Crippen LogP) is 0.988. The molecule has 1 rings (SSSR count). The number of sulfonamides is 1. The number of nitrogens with one attached hydrogen (secondary N) is 2. The third-order valence-corrected chi connectivity index (χ3v) is 4.06. The average Bonchev–Trinajstić information content (AvgIpc) is 2.42. The summed E-state index contributed by atoms with van der Waals surface area (Å²) in [5.74, 6) is 0.658. The maximum absolute atomic E-state index is 12.1. The molecule has 0 aliphatic heterocycles. The van der Waals surface area contributed by atoms with Gasteiger partial charge in [0.25, 0.3) is 0 Å². The van der Waals surface area contributed by atoms with Gasteiger partial charge in [0.2, 0.25) is 10.0 Å². The van der Waals surface area contributed by atoms with Gasteiger partial charge in [0, 0.05) is 26.7 Å². The second-order valence-electron chi connectivity index (χ2n) is 4.78. The summed E-state index contributed by atoms with van der Waals surface area (Å²) in [6.07, 6.45) is 0.0590. The van der Waals surface area contributed by atoms with Crippen molar-refractivity contribution in [2.24, 2.45) is 0 Å². The predicted molar refractivity (Wildman–Crippen MR) is 82.1 cm³/mol. The Kier molecular flexibility index (Phi) is 7.66. The molecule has 6 nitrogen and oxygen atoms in total. The Bertz CT molecular complexity index is 500. The van der Waals surface area contributed by atoms with E-state index in [1.54, 1.807) is 31.4 Å². The minimum Gasteiger partial charge on any atom is -0.491 e. The third-order valence-electron chi connectivity index (χ3n) is 2.58. The molecule has 1 aromatic rings.